The molecule has 0 amide bonds. The van der Waals surface area contributed by atoms with Gasteiger partial charge in [0.1, 0.15) is 0 Å². The van der Waals surface area contributed by atoms with E-state index in [1.54, 1.807) is 6.07 Å². The van der Waals surface area contributed by atoms with Gasteiger partial charge in [0.05, 0.1) is 11.6 Å². The Morgan fingerprint density at radius 1 is 1.36 bits per heavy atom. The van der Waals surface area contributed by atoms with Gasteiger partial charge in [-0.05, 0) is 36.5 Å². The van der Waals surface area contributed by atoms with Crippen molar-refractivity contribution in [2.75, 3.05) is 5.73 Å². The first-order chi connectivity index (χ1) is 6.81. The van der Waals surface area contributed by atoms with Gasteiger partial charge in [-0.1, -0.05) is 19.9 Å². The van der Waals surface area contributed by atoms with Gasteiger partial charge < -0.3 is 5.73 Å². The molecule has 1 aliphatic rings. The zero-order valence-corrected chi connectivity index (χ0v) is 8.75. The Labute approximate surface area is 85.4 Å². The normalized spacial score (nSPS) is 13.8. The summed E-state index contributed by atoms with van der Waals surface area (Å²) in [6, 6.07) is 7.78. The van der Waals surface area contributed by atoms with Gasteiger partial charge in [-0.25, -0.2) is 0 Å². The van der Waals surface area contributed by atoms with Gasteiger partial charge in [0, 0.05) is 5.69 Å². The maximum Gasteiger partial charge on any atom is 0.0995 e. The highest BCUT2D eigenvalue weighted by atomic mass is 14.5. The van der Waals surface area contributed by atoms with Crippen LogP contribution in [0, 0.1) is 11.3 Å². The van der Waals surface area contributed by atoms with E-state index in [9.17, 15) is 0 Å². The van der Waals surface area contributed by atoms with Crippen molar-refractivity contribution in [3.8, 4) is 6.07 Å². The Morgan fingerprint density at radius 3 is 2.50 bits per heavy atom. The van der Waals surface area contributed by atoms with E-state index in [-0.39, 0.29) is 0 Å². The van der Waals surface area contributed by atoms with Gasteiger partial charge in [0.15, 0.2) is 0 Å². The number of anilines is 1. The molecule has 0 radical (unpaired) electrons. The lowest BCUT2D eigenvalue weighted by Gasteiger charge is -2.01. The molecule has 1 aromatic carbocycles. The standard InChI is InChI=1S/C10H10N2.C2H6/c11-6-8-5-9(12)3-4-10(8)7-1-2-7;1-2/h3-5,7H,1-2,12H2;1-2H3. The van der Waals surface area contributed by atoms with Gasteiger partial charge >= 0.3 is 0 Å². The Kier molecular flexibility index (Phi) is 3.53. The number of nitrogens with zero attached hydrogens (tertiary/aromatic N) is 1. The molecule has 2 rings (SSSR count). The summed E-state index contributed by atoms with van der Waals surface area (Å²) in [7, 11) is 0. The molecule has 0 saturated heterocycles. The summed E-state index contributed by atoms with van der Waals surface area (Å²) in [5, 5.41) is 8.81. The molecule has 1 aliphatic carbocycles. The third kappa shape index (κ3) is 2.26. The quantitative estimate of drug-likeness (QED) is 0.688. The third-order valence-corrected chi connectivity index (χ3v) is 2.21. The Morgan fingerprint density at radius 2 is 2.00 bits per heavy atom. The summed E-state index contributed by atoms with van der Waals surface area (Å²) in [5.74, 6) is 0.625. The lowest BCUT2D eigenvalue weighted by atomic mass is 10.0. The van der Waals surface area contributed by atoms with Crippen LogP contribution in [0.1, 0.15) is 43.7 Å². The van der Waals surface area contributed by atoms with Crippen molar-refractivity contribution in [1.29, 1.82) is 5.26 Å². The van der Waals surface area contributed by atoms with Gasteiger partial charge in [0.2, 0.25) is 0 Å². The summed E-state index contributed by atoms with van der Waals surface area (Å²) in [5.41, 5.74) is 8.17. The molecule has 14 heavy (non-hydrogen) atoms. The van der Waals surface area contributed by atoms with E-state index in [1.165, 1.54) is 18.4 Å². The van der Waals surface area contributed by atoms with Gasteiger partial charge in [-0.15, -0.1) is 0 Å². The number of hydrogen-bond donors (Lipinski definition) is 1. The third-order valence-electron chi connectivity index (χ3n) is 2.21. The number of nitrogens with two attached hydrogens (primary N) is 1. The molecule has 0 heterocycles. The van der Waals surface area contributed by atoms with Crippen molar-refractivity contribution < 1.29 is 0 Å². The van der Waals surface area contributed by atoms with E-state index in [2.05, 4.69) is 6.07 Å². The molecule has 74 valence electrons. The van der Waals surface area contributed by atoms with Gasteiger partial charge in [-0.3, -0.25) is 0 Å². The zero-order valence-electron chi connectivity index (χ0n) is 8.75. The van der Waals surface area contributed by atoms with Crippen molar-refractivity contribution in [3.63, 3.8) is 0 Å². The SMILES string of the molecule is CC.N#Cc1cc(N)ccc1C1CC1. The van der Waals surface area contributed by atoms with E-state index < -0.39 is 0 Å². The highest BCUT2D eigenvalue weighted by Gasteiger charge is 2.25. The summed E-state index contributed by atoms with van der Waals surface area (Å²) in [4.78, 5) is 0. The fourth-order valence-corrected chi connectivity index (χ4v) is 1.42. The lowest BCUT2D eigenvalue weighted by Crippen LogP contribution is -1.90. The zero-order chi connectivity index (χ0) is 10.6. The number of benzene rings is 1. The van der Waals surface area contributed by atoms with E-state index in [0.29, 0.717) is 11.6 Å². The second-order valence-corrected chi connectivity index (χ2v) is 3.23. The Balaban J connectivity index is 0.000000461. The first-order valence-electron chi connectivity index (χ1n) is 5.11. The van der Waals surface area contributed by atoms with Gasteiger partial charge in [-0.2, -0.15) is 5.26 Å². The van der Waals surface area contributed by atoms with Crippen molar-refractivity contribution in [3.05, 3.63) is 29.3 Å². The van der Waals surface area contributed by atoms with Crippen LogP contribution >= 0.6 is 0 Å². The second kappa shape index (κ2) is 4.66. The molecule has 2 heteroatoms. The van der Waals surface area contributed by atoms with Crippen LogP contribution in [0.25, 0.3) is 0 Å². The van der Waals surface area contributed by atoms with E-state index in [1.807, 2.05) is 26.0 Å². The molecule has 1 aromatic rings. The summed E-state index contributed by atoms with van der Waals surface area (Å²) >= 11 is 0. The molecular formula is C12H16N2. The molecule has 1 saturated carbocycles. The Bertz CT molecular complexity index is 346. The van der Waals surface area contributed by atoms with E-state index in [0.717, 1.165) is 5.56 Å². The van der Waals surface area contributed by atoms with Crippen LogP contribution in [0.15, 0.2) is 18.2 Å². The minimum Gasteiger partial charge on any atom is -0.399 e. The minimum atomic E-state index is 0.625. The summed E-state index contributed by atoms with van der Waals surface area (Å²) < 4.78 is 0. The van der Waals surface area contributed by atoms with Crippen molar-refractivity contribution >= 4 is 5.69 Å². The predicted octanol–water partition coefficient (Wildman–Crippen LogP) is 3.04. The topological polar surface area (TPSA) is 49.8 Å². The molecule has 0 aromatic heterocycles. The van der Waals surface area contributed by atoms with Crippen LogP contribution in [-0.4, -0.2) is 0 Å². The molecule has 1 fully saturated rings. The molecule has 2 N–H and O–H groups in total. The summed E-state index contributed by atoms with van der Waals surface area (Å²) in [6.07, 6.45) is 2.44. The largest absolute Gasteiger partial charge is 0.399 e. The lowest BCUT2D eigenvalue weighted by molar-refractivity contribution is 1.12. The molecule has 0 atom stereocenters. The highest BCUT2D eigenvalue weighted by Crippen LogP contribution is 2.41. The van der Waals surface area contributed by atoms with E-state index in [4.69, 9.17) is 11.0 Å². The molecule has 0 aliphatic heterocycles. The molecule has 0 spiro atoms. The molecule has 0 unspecified atom stereocenters. The number of nitriles is 1. The monoisotopic (exact) mass is 188 g/mol. The fourth-order valence-electron chi connectivity index (χ4n) is 1.42. The van der Waals surface area contributed by atoms with E-state index >= 15 is 0 Å². The average Bonchev–Trinajstić information content (AvgIpc) is 3.04. The maximum atomic E-state index is 8.81. The van der Waals surface area contributed by atoms with Crippen LogP contribution in [0.3, 0.4) is 0 Å². The summed E-state index contributed by atoms with van der Waals surface area (Å²) in [6.45, 7) is 4.00. The number of hydrogen-bond acceptors (Lipinski definition) is 2. The molecular weight excluding hydrogens is 172 g/mol. The van der Waals surface area contributed by atoms with Gasteiger partial charge in [0.25, 0.3) is 0 Å². The first kappa shape index (κ1) is 10.6. The predicted molar refractivity (Wildman–Crippen MR) is 58.9 cm³/mol. The maximum absolute atomic E-state index is 8.81. The fraction of sp³-hybridized carbons (Fsp3) is 0.417. The number of nitrogen functional groups attached to an aromatic ring is 1. The smallest absolute Gasteiger partial charge is 0.0995 e. The average molecular weight is 188 g/mol. The van der Waals surface area contributed by atoms with Crippen LogP contribution in [0.5, 0.6) is 0 Å². The van der Waals surface area contributed by atoms with Crippen molar-refractivity contribution in [2.45, 2.75) is 32.6 Å². The Hall–Kier alpha value is -1.49. The second-order valence-electron chi connectivity index (χ2n) is 3.23. The van der Waals surface area contributed by atoms with Crippen molar-refractivity contribution in [2.24, 2.45) is 0 Å². The van der Waals surface area contributed by atoms with Crippen LogP contribution in [0.2, 0.25) is 0 Å². The number of rotatable bonds is 1. The van der Waals surface area contributed by atoms with Crippen LogP contribution in [-0.2, 0) is 0 Å². The highest BCUT2D eigenvalue weighted by molar-refractivity contribution is 5.51. The minimum absolute atomic E-state index is 0.625. The molecule has 2 nitrogen and oxygen atoms in total. The first-order valence-corrected chi connectivity index (χ1v) is 5.11. The van der Waals surface area contributed by atoms with Crippen molar-refractivity contribution in [1.82, 2.24) is 0 Å². The van der Waals surface area contributed by atoms with Crippen LogP contribution in [0.4, 0.5) is 5.69 Å². The molecule has 0 bridgehead atoms. The van der Waals surface area contributed by atoms with Crippen LogP contribution < -0.4 is 5.73 Å².